The number of hydrogen-bond acceptors (Lipinski definition) is 6. The van der Waals surface area contributed by atoms with Gasteiger partial charge in [0, 0.05) is 37.1 Å². The van der Waals surface area contributed by atoms with E-state index in [1.54, 1.807) is 6.92 Å². The van der Waals surface area contributed by atoms with Gasteiger partial charge in [0.1, 0.15) is 0 Å². The number of hydrogen-bond donors (Lipinski definition) is 5. The molecule has 0 fully saturated rings. The van der Waals surface area contributed by atoms with Crippen LogP contribution in [0.1, 0.15) is 44.7 Å². The van der Waals surface area contributed by atoms with Gasteiger partial charge in [0.05, 0.1) is 6.61 Å². The average molecular weight is 429 g/mol. The number of aromatic amines is 1. The van der Waals surface area contributed by atoms with Crippen LogP contribution in [0.3, 0.4) is 0 Å². The zero-order chi connectivity index (χ0) is 21.3. The highest BCUT2D eigenvalue weighted by molar-refractivity contribution is 7.94. The molecule has 0 saturated carbocycles. The second-order valence-electron chi connectivity index (χ2n) is 6.30. The molecule has 4 amide bonds. The minimum Gasteiger partial charge on any atom is -0.338 e. The fourth-order valence-electron chi connectivity index (χ4n) is 2.34. The van der Waals surface area contributed by atoms with Gasteiger partial charge >= 0.3 is 12.1 Å². The molecule has 0 radical (unpaired) electrons. The second-order valence-corrected chi connectivity index (χ2v) is 7.17. The molecule has 0 atom stereocenters. The fraction of sp³-hybridized carbons (Fsp3) is 0.667. The van der Waals surface area contributed by atoms with Crippen molar-refractivity contribution in [2.75, 3.05) is 37.3 Å². The Bertz CT molecular complexity index is 670. The number of carbonyl (C=O) groups excluding carboxylic acids is 2. The van der Waals surface area contributed by atoms with Gasteiger partial charge in [0.2, 0.25) is 5.95 Å². The number of amides is 4. The first-order valence-corrected chi connectivity index (χ1v) is 10.8. The topological polar surface area (TPSA) is 137 Å². The largest absolute Gasteiger partial charge is 0.338 e. The van der Waals surface area contributed by atoms with E-state index in [0.717, 1.165) is 37.9 Å². The normalized spacial score (nSPS) is 10.4. The van der Waals surface area contributed by atoms with Crippen LogP contribution in [0.15, 0.2) is 10.9 Å². The maximum atomic E-state index is 11.8. The smallest absolute Gasteiger partial charge is 0.321 e. The van der Waals surface area contributed by atoms with E-state index < -0.39 is 6.03 Å². The van der Waals surface area contributed by atoms with E-state index in [4.69, 9.17) is 4.18 Å². The van der Waals surface area contributed by atoms with E-state index >= 15 is 0 Å². The molecule has 0 saturated heterocycles. The summed E-state index contributed by atoms with van der Waals surface area (Å²) in [6.45, 7) is 6.09. The number of urea groups is 2. The summed E-state index contributed by atoms with van der Waals surface area (Å²) in [5, 5.41) is 10.9. The molecule has 164 valence electrons. The molecule has 0 unspecified atom stereocenters. The van der Waals surface area contributed by atoms with Gasteiger partial charge in [0.15, 0.2) is 0 Å². The Kier molecular flexibility index (Phi) is 13.3. The number of aromatic nitrogens is 2. The number of carbonyl (C=O) groups is 2. The van der Waals surface area contributed by atoms with E-state index in [9.17, 15) is 14.4 Å². The Morgan fingerprint density at radius 1 is 1.03 bits per heavy atom. The van der Waals surface area contributed by atoms with Crippen molar-refractivity contribution < 1.29 is 13.8 Å². The van der Waals surface area contributed by atoms with Crippen LogP contribution in [0, 0.1) is 6.92 Å². The zero-order valence-electron chi connectivity index (χ0n) is 17.1. The average Bonchev–Trinajstić information content (AvgIpc) is 2.65. The number of rotatable bonds is 14. The number of H-pyrrole nitrogens is 1. The fourth-order valence-corrected chi connectivity index (χ4v) is 2.88. The van der Waals surface area contributed by atoms with Crippen LogP contribution in [0.5, 0.6) is 0 Å². The highest BCUT2D eigenvalue weighted by atomic mass is 32.2. The number of nitrogens with one attached hydrogen (secondary N) is 5. The molecule has 0 aliphatic carbocycles. The lowest BCUT2D eigenvalue weighted by molar-refractivity contribution is 0.240. The molecule has 1 aromatic rings. The maximum Gasteiger partial charge on any atom is 0.321 e. The molecule has 1 aromatic heterocycles. The molecule has 1 heterocycles. The first-order chi connectivity index (χ1) is 14.0. The highest BCUT2D eigenvalue weighted by Crippen LogP contribution is 2.02. The van der Waals surface area contributed by atoms with Crippen LogP contribution in [-0.4, -0.2) is 54.0 Å². The summed E-state index contributed by atoms with van der Waals surface area (Å²) in [7, 11) is 0. The van der Waals surface area contributed by atoms with Crippen LogP contribution in [0.4, 0.5) is 15.5 Å². The van der Waals surface area contributed by atoms with Gasteiger partial charge in [-0.15, -0.1) is 0 Å². The van der Waals surface area contributed by atoms with Crippen molar-refractivity contribution in [3.63, 3.8) is 0 Å². The molecule has 0 aromatic carbocycles. The van der Waals surface area contributed by atoms with Crippen molar-refractivity contribution in [1.82, 2.24) is 25.9 Å². The van der Waals surface area contributed by atoms with Gasteiger partial charge in [0.25, 0.3) is 5.56 Å². The Morgan fingerprint density at radius 3 is 2.28 bits per heavy atom. The summed E-state index contributed by atoms with van der Waals surface area (Å²) in [5.41, 5.74) is 0.225. The highest BCUT2D eigenvalue weighted by Gasteiger charge is 2.04. The van der Waals surface area contributed by atoms with Crippen LogP contribution in [-0.2, 0) is 4.18 Å². The molecule has 0 spiro atoms. The summed E-state index contributed by atoms with van der Waals surface area (Å²) in [6.07, 6.45) is 4.48. The SMILES string of the molecule is CCOSCCCNC(=O)NCCCCCCNC(=O)Nc1nc(C)cc(=O)[nH]1. The van der Waals surface area contributed by atoms with E-state index in [1.807, 2.05) is 6.92 Å². The quantitative estimate of drug-likeness (QED) is 0.227. The van der Waals surface area contributed by atoms with Crippen molar-refractivity contribution in [2.24, 2.45) is 0 Å². The van der Waals surface area contributed by atoms with E-state index in [1.165, 1.54) is 18.1 Å². The summed E-state index contributed by atoms with van der Waals surface area (Å²) in [6, 6.07) is 0.800. The molecular weight excluding hydrogens is 396 g/mol. The summed E-state index contributed by atoms with van der Waals surface area (Å²) >= 11 is 1.42. The Balaban J connectivity index is 1.94. The Hall–Kier alpha value is -2.27. The zero-order valence-corrected chi connectivity index (χ0v) is 18.0. The van der Waals surface area contributed by atoms with E-state index in [-0.39, 0.29) is 17.5 Å². The number of unbranched alkanes of at least 4 members (excludes halogenated alkanes) is 3. The maximum absolute atomic E-state index is 11.8. The molecule has 29 heavy (non-hydrogen) atoms. The number of aryl methyl sites for hydroxylation is 1. The van der Waals surface area contributed by atoms with Crippen molar-refractivity contribution in [3.05, 3.63) is 22.1 Å². The summed E-state index contributed by atoms with van der Waals surface area (Å²) < 4.78 is 5.15. The number of nitrogens with zero attached hydrogens (tertiary/aromatic N) is 1. The van der Waals surface area contributed by atoms with Crippen molar-refractivity contribution in [2.45, 2.75) is 46.0 Å². The molecule has 11 heteroatoms. The molecule has 0 aliphatic heterocycles. The van der Waals surface area contributed by atoms with Crippen LogP contribution >= 0.6 is 12.0 Å². The first kappa shape index (κ1) is 24.8. The monoisotopic (exact) mass is 428 g/mol. The van der Waals surface area contributed by atoms with Crippen LogP contribution < -0.4 is 26.8 Å². The lowest BCUT2D eigenvalue weighted by Crippen LogP contribution is -2.36. The predicted molar refractivity (Wildman–Crippen MR) is 115 cm³/mol. The van der Waals surface area contributed by atoms with Gasteiger partial charge in [-0.25, -0.2) is 14.6 Å². The summed E-state index contributed by atoms with van der Waals surface area (Å²) in [4.78, 5) is 41.1. The number of anilines is 1. The molecule has 10 nitrogen and oxygen atoms in total. The molecule has 0 aliphatic rings. The van der Waals surface area contributed by atoms with Crippen molar-refractivity contribution >= 4 is 30.1 Å². The minimum atomic E-state index is -0.406. The van der Waals surface area contributed by atoms with E-state index in [2.05, 4.69) is 31.2 Å². The Labute approximate surface area is 175 Å². The second kappa shape index (κ2) is 15.6. The van der Waals surface area contributed by atoms with Crippen LogP contribution in [0.25, 0.3) is 0 Å². The van der Waals surface area contributed by atoms with Gasteiger partial charge in [-0.05, 0) is 45.2 Å². The third kappa shape index (κ3) is 13.5. The first-order valence-electron chi connectivity index (χ1n) is 9.90. The van der Waals surface area contributed by atoms with Crippen LogP contribution in [0.2, 0.25) is 0 Å². The predicted octanol–water partition coefficient (Wildman–Crippen LogP) is 2.13. The van der Waals surface area contributed by atoms with Gasteiger partial charge in [-0.2, -0.15) is 0 Å². The van der Waals surface area contributed by atoms with Gasteiger partial charge < -0.3 is 20.1 Å². The molecule has 5 N–H and O–H groups in total. The third-order valence-corrected chi connectivity index (χ3v) is 4.53. The van der Waals surface area contributed by atoms with Crippen molar-refractivity contribution in [3.8, 4) is 0 Å². The summed E-state index contributed by atoms with van der Waals surface area (Å²) in [5.74, 6) is 0.990. The molecule has 1 rings (SSSR count). The standard InChI is InChI=1S/C18H32N6O4S/c1-3-28-29-12-8-11-20-17(26)19-9-6-4-5-7-10-21-18(27)24-16-22-14(2)13-15(25)23-16/h13H,3-12H2,1-2H3,(H2,19,20,26)(H3,21,22,23,24,25,27). The third-order valence-electron chi connectivity index (χ3n) is 3.67. The molecular formula is C18H32N6O4S. The van der Waals surface area contributed by atoms with Gasteiger partial charge in [-0.1, -0.05) is 12.8 Å². The Morgan fingerprint density at radius 2 is 1.66 bits per heavy atom. The lowest BCUT2D eigenvalue weighted by atomic mass is 10.2. The van der Waals surface area contributed by atoms with E-state index in [0.29, 0.717) is 31.9 Å². The van der Waals surface area contributed by atoms with Gasteiger partial charge in [-0.3, -0.25) is 15.1 Å². The minimum absolute atomic E-state index is 0.130. The lowest BCUT2D eigenvalue weighted by Gasteiger charge is -2.08. The molecule has 0 bridgehead atoms. The van der Waals surface area contributed by atoms with Crippen molar-refractivity contribution in [1.29, 1.82) is 0 Å².